The van der Waals surface area contributed by atoms with E-state index in [9.17, 15) is 33.3 Å². The molecule has 0 radical (unpaired) electrons. The van der Waals surface area contributed by atoms with Crippen molar-refractivity contribution >= 4 is 35.0 Å². The smallest absolute Gasteiger partial charge is 0.416 e. The summed E-state index contributed by atoms with van der Waals surface area (Å²) in [5.74, 6) is -1.09. The summed E-state index contributed by atoms with van der Waals surface area (Å²) >= 11 is 6.08. The predicted octanol–water partition coefficient (Wildman–Crippen LogP) is 7.73. The molecule has 12 heteroatoms. The molecular weight excluding hydrogens is 551 g/mol. The first-order valence-corrected chi connectivity index (χ1v) is 12.0. The van der Waals surface area contributed by atoms with Gasteiger partial charge in [0.2, 0.25) is 5.75 Å². The lowest BCUT2D eigenvalue weighted by atomic mass is 10.0. The van der Waals surface area contributed by atoms with Crippen LogP contribution in [0.2, 0.25) is 5.02 Å². The molecule has 0 aliphatic rings. The molecule has 3 aromatic carbocycles. The van der Waals surface area contributed by atoms with Gasteiger partial charge in [0.05, 0.1) is 27.8 Å². The number of rotatable bonds is 10. The largest absolute Gasteiger partial charge is 0.490 e. The van der Waals surface area contributed by atoms with Crippen molar-refractivity contribution < 1.29 is 32.4 Å². The summed E-state index contributed by atoms with van der Waals surface area (Å²) in [6, 6.07) is 13.2. The zero-order valence-corrected chi connectivity index (χ0v) is 21.7. The molecule has 0 bridgehead atoms. The van der Waals surface area contributed by atoms with E-state index < -0.39 is 34.0 Å². The second-order valence-corrected chi connectivity index (χ2v) is 8.48. The topological polar surface area (TPSA) is 114 Å². The van der Waals surface area contributed by atoms with Gasteiger partial charge in [0.1, 0.15) is 11.6 Å². The fourth-order valence-corrected chi connectivity index (χ4v) is 3.74. The number of para-hydroxylation sites is 1. The van der Waals surface area contributed by atoms with Gasteiger partial charge in [-0.15, -0.1) is 6.58 Å². The maximum atomic E-state index is 13.1. The lowest BCUT2D eigenvalue weighted by molar-refractivity contribution is -0.385. The minimum Gasteiger partial charge on any atom is -0.490 e. The highest BCUT2D eigenvalue weighted by molar-refractivity contribution is 6.34. The molecule has 0 fully saturated rings. The molecule has 1 N–H and O–H groups in total. The summed E-state index contributed by atoms with van der Waals surface area (Å²) in [7, 11) is 0. The van der Waals surface area contributed by atoms with Crippen molar-refractivity contribution in [2.75, 3.05) is 11.9 Å². The minimum atomic E-state index is -4.79. The SMILES string of the molecule is C=CCc1cc(/C=C(\C#N)C(=O)Nc2ccccc2Cl)cc(OCC)c1Oc1ccc(C(F)(F)F)cc1[N+](=O)[O-]. The third kappa shape index (κ3) is 7.18. The first-order chi connectivity index (χ1) is 19.0. The van der Waals surface area contributed by atoms with Crippen LogP contribution in [0, 0.1) is 21.4 Å². The number of nitriles is 1. The molecule has 0 saturated carbocycles. The normalized spacial score (nSPS) is 11.3. The summed E-state index contributed by atoms with van der Waals surface area (Å²) in [5.41, 5.74) is -1.33. The van der Waals surface area contributed by atoms with E-state index in [-0.39, 0.29) is 35.1 Å². The molecule has 0 heterocycles. The van der Waals surface area contributed by atoms with Gasteiger partial charge in [0.25, 0.3) is 5.91 Å². The number of hydrogen-bond acceptors (Lipinski definition) is 6. The summed E-state index contributed by atoms with van der Waals surface area (Å²) < 4.78 is 50.8. The first kappa shape index (κ1) is 29.7. The van der Waals surface area contributed by atoms with Gasteiger partial charge in [-0.1, -0.05) is 29.8 Å². The molecule has 0 saturated heterocycles. The van der Waals surface area contributed by atoms with E-state index in [2.05, 4.69) is 11.9 Å². The van der Waals surface area contributed by atoms with E-state index in [4.69, 9.17) is 21.1 Å². The van der Waals surface area contributed by atoms with Crippen LogP contribution in [-0.2, 0) is 17.4 Å². The number of nitro groups is 1. The third-order valence-electron chi connectivity index (χ3n) is 5.31. The number of halogens is 4. The second-order valence-electron chi connectivity index (χ2n) is 8.08. The predicted molar refractivity (Wildman–Crippen MR) is 143 cm³/mol. The first-order valence-electron chi connectivity index (χ1n) is 11.6. The van der Waals surface area contributed by atoms with Crippen molar-refractivity contribution in [2.45, 2.75) is 19.5 Å². The lowest BCUT2D eigenvalue weighted by Gasteiger charge is -2.17. The number of anilines is 1. The number of nitro benzene ring substituents is 1. The monoisotopic (exact) mass is 571 g/mol. The second kappa shape index (κ2) is 12.8. The van der Waals surface area contributed by atoms with Gasteiger partial charge in [-0.25, -0.2) is 0 Å². The standard InChI is InChI=1S/C28H21ClF3N3O5/c1-3-7-18-12-17(13-19(16-33)27(36)34-22-9-6-5-8-21(22)29)14-25(39-4-2)26(18)40-24-11-10-20(28(30,31)32)15-23(24)35(37)38/h3,5-6,8-15H,1,4,7H2,2H3,(H,34,36)/b19-13+. The molecule has 0 unspecified atom stereocenters. The van der Waals surface area contributed by atoms with Crippen molar-refractivity contribution in [3.63, 3.8) is 0 Å². The Hall–Kier alpha value is -4.82. The van der Waals surface area contributed by atoms with Crippen LogP contribution in [0.5, 0.6) is 17.2 Å². The molecular formula is C28H21ClF3N3O5. The van der Waals surface area contributed by atoms with Crippen LogP contribution in [-0.4, -0.2) is 17.4 Å². The Labute approximate surface area is 232 Å². The minimum absolute atomic E-state index is 0.000727. The van der Waals surface area contributed by atoms with Crippen LogP contribution < -0.4 is 14.8 Å². The van der Waals surface area contributed by atoms with Crippen LogP contribution >= 0.6 is 11.6 Å². The van der Waals surface area contributed by atoms with Crippen LogP contribution in [0.3, 0.4) is 0 Å². The number of nitrogens with one attached hydrogen (secondary N) is 1. The van der Waals surface area contributed by atoms with Crippen molar-refractivity contribution in [1.82, 2.24) is 0 Å². The zero-order valence-electron chi connectivity index (χ0n) is 20.9. The maximum absolute atomic E-state index is 13.1. The summed E-state index contributed by atoms with van der Waals surface area (Å²) in [6.45, 7) is 5.47. The van der Waals surface area contributed by atoms with Crippen molar-refractivity contribution in [3.05, 3.63) is 105 Å². The van der Waals surface area contributed by atoms with Gasteiger partial charge in [-0.05, 0) is 61.4 Å². The van der Waals surface area contributed by atoms with Crippen molar-refractivity contribution in [2.24, 2.45) is 0 Å². The van der Waals surface area contributed by atoms with E-state index in [1.807, 2.05) is 6.07 Å². The van der Waals surface area contributed by atoms with Crippen LogP contribution in [0.4, 0.5) is 24.5 Å². The molecule has 40 heavy (non-hydrogen) atoms. The van der Waals surface area contributed by atoms with E-state index in [0.29, 0.717) is 28.9 Å². The van der Waals surface area contributed by atoms with Crippen molar-refractivity contribution in [1.29, 1.82) is 5.26 Å². The molecule has 0 aromatic heterocycles. The Balaban J connectivity index is 2.08. The van der Waals surface area contributed by atoms with Crippen LogP contribution in [0.15, 0.2) is 72.8 Å². The van der Waals surface area contributed by atoms with E-state index in [1.54, 1.807) is 31.2 Å². The van der Waals surface area contributed by atoms with Crippen LogP contribution in [0.25, 0.3) is 6.08 Å². The Morgan fingerprint density at radius 3 is 2.52 bits per heavy atom. The van der Waals surface area contributed by atoms with E-state index >= 15 is 0 Å². The molecule has 8 nitrogen and oxygen atoms in total. The molecule has 3 rings (SSSR count). The Morgan fingerprint density at radius 2 is 1.93 bits per heavy atom. The third-order valence-corrected chi connectivity index (χ3v) is 5.64. The lowest BCUT2D eigenvalue weighted by Crippen LogP contribution is -2.13. The highest BCUT2D eigenvalue weighted by Crippen LogP contribution is 2.42. The van der Waals surface area contributed by atoms with Gasteiger partial charge < -0.3 is 14.8 Å². The van der Waals surface area contributed by atoms with E-state index in [1.165, 1.54) is 24.3 Å². The maximum Gasteiger partial charge on any atom is 0.416 e. The number of ether oxygens (including phenoxy) is 2. The number of carbonyl (C=O) groups is 1. The average Bonchev–Trinajstić information content (AvgIpc) is 2.90. The molecule has 0 spiro atoms. The van der Waals surface area contributed by atoms with Crippen molar-refractivity contribution in [3.8, 4) is 23.3 Å². The number of alkyl halides is 3. The number of nitrogens with zero attached hydrogens (tertiary/aromatic N) is 2. The zero-order chi connectivity index (χ0) is 29.4. The molecule has 1 amide bonds. The summed E-state index contributed by atoms with van der Waals surface area (Å²) in [5, 5.41) is 24.0. The van der Waals surface area contributed by atoms with Crippen LogP contribution in [0.1, 0.15) is 23.6 Å². The van der Waals surface area contributed by atoms with Gasteiger partial charge >= 0.3 is 11.9 Å². The Morgan fingerprint density at radius 1 is 1.20 bits per heavy atom. The molecule has 3 aromatic rings. The number of amides is 1. The Kier molecular flexibility index (Phi) is 9.53. The summed E-state index contributed by atoms with van der Waals surface area (Å²) in [6.07, 6.45) is -1.84. The Bertz CT molecular complexity index is 1530. The molecule has 0 aliphatic carbocycles. The fraction of sp³-hybridized carbons (Fsp3) is 0.143. The van der Waals surface area contributed by atoms with Gasteiger partial charge in [-0.2, -0.15) is 18.4 Å². The quantitative estimate of drug-likeness (QED) is 0.0875. The highest BCUT2D eigenvalue weighted by Gasteiger charge is 2.33. The number of allylic oxidation sites excluding steroid dienone is 1. The number of benzene rings is 3. The fourth-order valence-electron chi connectivity index (χ4n) is 3.55. The van der Waals surface area contributed by atoms with Gasteiger partial charge in [0.15, 0.2) is 11.5 Å². The van der Waals surface area contributed by atoms with E-state index in [0.717, 1.165) is 6.07 Å². The molecule has 0 aliphatic heterocycles. The van der Waals surface area contributed by atoms with Gasteiger partial charge in [-0.3, -0.25) is 14.9 Å². The average molecular weight is 572 g/mol. The molecule has 206 valence electrons. The molecule has 0 atom stereocenters. The number of carbonyl (C=O) groups excluding carboxylic acids is 1. The summed E-state index contributed by atoms with van der Waals surface area (Å²) in [4.78, 5) is 23.3. The highest BCUT2D eigenvalue weighted by atomic mass is 35.5. The van der Waals surface area contributed by atoms with Gasteiger partial charge in [0, 0.05) is 11.6 Å². The number of hydrogen-bond donors (Lipinski definition) is 1.